The van der Waals surface area contributed by atoms with Gasteiger partial charge < -0.3 is 26.2 Å². The molecule has 1 fully saturated rings. The van der Waals surface area contributed by atoms with Gasteiger partial charge in [0.2, 0.25) is 0 Å². The molecule has 0 aliphatic carbocycles. The number of nitrogens with two attached hydrogens (primary N) is 2. The number of aliphatic hydroxyl groups excluding tert-OH is 1. The summed E-state index contributed by atoms with van der Waals surface area (Å²) in [6, 6.07) is 10.8. The van der Waals surface area contributed by atoms with E-state index in [-0.39, 0.29) is 0 Å². The molecule has 1 aliphatic rings. The van der Waals surface area contributed by atoms with E-state index in [0.717, 1.165) is 50.0 Å². The second kappa shape index (κ2) is 10.2. The van der Waals surface area contributed by atoms with Crippen LogP contribution >= 0.6 is 11.6 Å². The highest BCUT2D eigenvalue weighted by Gasteiger charge is 2.22. The largest absolute Gasteiger partial charge is 0.496 e. The topological polar surface area (TPSA) is 102 Å². The molecule has 6 nitrogen and oxygen atoms in total. The fraction of sp³-hybridized carbons (Fsp3) is 0.435. The summed E-state index contributed by atoms with van der Waals surface area (Å²) >= 11 is 6.01. The number of carbonyl (C=O) groups excluding carboxylic acids is 1. The van der Waals surface area contributed by atoms with E-state index in [9.17, 15) is 9.90 Å². The monoisotopic (exact) mass is 431 g/mol. The third-order valence-corrected chi connectivity index (χ3v) is 6.13. The minimum absolute atomic E-state index is 0.370. The minimum Gasteiger partial charge on any atom is -0.496 e. The normalized spacial score (nSPS) is 16.4. The van der Waals surface area contributed by atoms with Gasteiger partial charge in [0, 0.05) is 23.3 Å². The number of hydrogen-bond acceptors (Lipinski definition) is 5. The first kappa shape index (κ1) is 22.4. The number of halogens is 1. The highest BCUT2D eigenvalue weighted by molar-refractivity contribution is 6.30. The van der Waals surface area contributed by atoms with Crippen molar-refractivity contribution in [2.75, 3.05) is 32.5 Å². The average molecular weight is 432 g/mol. The predicted octanol–water partition coefficient (Wildman–Crippen LogP) is 3.41. The number of primary amides is 1. The number of benzene rings is 2. The molecule has 0 aromatic heterocycles. The van der Waals surface area contributed by atoms with Gasteiger partial charge in [-0.15, -0.1) is 0 Å². The molecule has 30 heavy (non-hydrogen) atoms. The Morgan fingerprint density at radius 3 is 2.67 bits per heavy atom. The van der Waals surface area contributed by atoms with Crippen LogP contribution in [-0.4, -0.2) is 42.7 Å². The van der Waals surface area contributed by atoms with Crippen molar-refractivity contribution < 1.29 is 14.6 Å². The summed E-state index contributed by atoms with van der Waals surface area (Å²) in [4.78, 5) is 14.1. The quantitative estimate of drug-likeness (QED) is 0.556. The van der Waals surface area contributed by atoms with Crippen LogP contribution in [0.1, 0.15) is 46.9 Å². The number of amides is 1. The Hall–Kier alpha value is -2.28. The lowest BCUT2D eigenvalue weighted by Crippen LogP contribution is -2.35. The Labute approximate surface area is 182 Å². The molecular weight excluding hydrogens is 402 g/mol. The Morgan fingerprint density at radius 1 is 1.30 bits per heavy atom. The molecule has 2 aromatic rings. The van der Waals surface area contributed by atoms with Gasteiger partial charge in [0.1, 0.15) is 5.75 Å². The van der Waals surface area contributed by atoms with Gasteiger partial charge in [-0.3, -0.25) is 4.79 Å². The van der Waals surface area contributed by atoms with E-state index in [1.807, 2.05) is 24.3 Å². The van der Waals surface area contributed by atoms with Crippen molar-refractivity contribution in [2.45, 2.75) is 31.8 Å². The number of nitrogens with zero attached hydrogens (tertiary/aromatic N) is 1. The molecule has 1 saturated heterocycles. The lowest BCUT2D eigenvalue weighted by Gasteiger charge is -2.32. The molecule has 0 saturated carbocycles. The van der Waals surface area contributed by atoms with Gasteiger partial charge in [-0.2, -0.15) is 0 Å². The summed E-state index contributed by atoms with van der Waals surface area (Å²) in [5, 5.41) is 11.1. The van der Waals surface area contributed by atoms with Crippen molar-refractivity contribution >= 4 is 23.2 Å². The number of methoxy groups -OCH3 is 1. The first-order chi connectivity index (χ1) is 14.4. The van der Waals surface area contributed by atoms with Crippen LogP contribution in [0.2, 0.25) is 5.02 Å². The highest BCUT2D eigenvalue weighted by atomic mass is 35.5. The summed E-state index contributed by atoms with van der Waals surface area (Å²) in [6.45, 7) is 2.80. The van der Waals surface area contributed by atoms with Crippen LogP contribution < -0.4 is 16.2 Å². The number of carbonyl (C=O) groups is 1. The molecule has 1 heterocycles. The van der Waals surface area contributed by atoms with Gasteiger partial charge in [0.25, 0.3) is 5.91 Å². The molecule has 5 N–H and O–H groups in total. The molecule has 0 spiro atoms. The third kappa shape index (κ3) is 5.65. The number of rotatable bonds is 8. The number of aliphatic hydroxyl groups is 1. The standard InChI is InChI=1S/C23H30ClN3O3/c1-30-22-14-20(25)17(13-19(22)23(26)29)11-15-5-8-27(9-6-15)10-7-21(28)16-3-2-4-18(24)12-16/h2-4,12-15,21,28H,5-11,25H2,1H3,(H2,26,29). The number of ether oxygens (including phenoxy) is 1. The van der Waals surface area contributed by atoms with E-state index in [1.165, 1.54) is 7.11 Å². The maximum Gasteiger partial charge on any atom is 0.252 e. The van der Waals surface area contributed by atoms with Crippen molar-refractivity contribution in [1.82, 2.24) is 4.90 Å². The van der Waals surface area contributed by atoms with Crippen LogP contribution in [0.3, 0.4) is 0 Å². The molecule has 1 atom stereocenters. The van der Waals surface area contributed by atoms with Gasteiger partial charge >= 0.3 is 0 Å². The fourth-order valence-electron chi connectivity index (χ4n) is 4.09. The zero-order chi connectivity index (χ0) is 21.7. The van der Waals surface area contributed by atoms with E-state index in [4.69, 9.17) is 27.8 Å². The SMILES string of the molecule is COc1cc(N)c(CC2CCN(CCC(O)c3cccc(Cl)c3)CC2)cc1C(N)=O. The Balaban J connectivity index is 1.51. The van der Waals surface area contributed by atoms with Crippen LogP contribution in [0, 0.1) is 5.92 Å². The Bertz CT molecular complexity index is 882. The van der Waals surface area contributed by atoms with Gasteiger partial charge in [-0.1, -0.05) is 23.7 Å². The molecule has 7 heteroatoms. The molecule has 0 radical (unpaired) electrons. The molecule has 1 unspecified atom stereocenters. The van der Waals surface area contributed by atoms with E-state index in [0.29, 0.717) is 34.4 Å². The maximum absolute atomic E-state index is 11.7. The van der Waals surface area contributed by atoms with E-state index >= 15 is 0 Å². The van der Waals surface area contributed by atoms with Crippen molar-refractivity contribution in [3.05, 3.63) is 58.1 Å². The van der Waals surface area contributed by atoms with Crippen molar-refractivity contribution in [3.8, 4) is 5.75 Å². The summed E-state index contributed by atoms with van der Waals surface area (Å²) in [6.07, 6.45) is 3.08. The number of hydrogen-bond donors (Lipinski definition) is 3. The first-order valence-corrected chi connectivity index (χ1v) is 10.7. The van der Waals surface area contributed by atoms with Crippen LogP contribution in [0.15, 0.2) is 36.4 Å². The summed E-state index contributed by atoms with van der Waals surface area (Å²) in [7, 11) is 1.50. The van der Waals surface area contributed by atoms with Crippen LogP contribution in [0.4, 0.5) is 5.69 Å². The molecule has 2 aromatic carbocycles. The second-order valence-electron chi connectivity index (χ2n) is 7.96. The molecule has 162 valence electrons. The smallest absolute Gasteiger partial charge is 0.252 e. The summed E-state index contributed by atoms with van der Waals surface area (Å²) in [5.74, 6) is 0.397. The number of nitrogen functional groups attached to an aromatic ring is 1. The van der Waals surface area contributed by atoms with Gasteiger partial charge in [-0.25, -0.2) is 0 Å². The minimum atomic E-state index is -0.513. The van der Waals surface area contributed by atoms with Gasteiger partial charge in [0.15, 0.2) is 0 Å². The molecular formula is C23H30ClN3O3. The van der Waals surface area contributed by atoms with Crippen molar-refractivity contribution in [1.29, 1.82) is 0 Å². The van der Waals surface area contributed by atoms with Crippen molar-refractivity contribution in [2.24, 2.45) is 11.7 Å². The summed E-state index contributed by atoms with van der Waals surface area (Å²) < 4.78 is 5.22. The van der Waals surface area contributed by atoms with E-state index in [2.05, 4.69) is 4.90 Å². The number of likely N-dealkylation sites (tertiary alicyclic amines) is 1. The fourth-order valence-corrected chi connectivity index (χ4v) is 4.29. The molecule has 0 bridgehead atoms. The van der Waals surface area contributed by atoms with Gasteiger partial charge in [0.05, 0.1) is 18.8 Å². The highest BCUT2D eigenvalue weighted by Crippen LogP contribution is 2.30. The Morgan fingerprint density at radius 2 is 2.03 bits per heavy atom. The predicted molar refractivity (Wildman–Crippen MR) is 120 cm³/mol. The maximum atomic E-state index is 11.7. The van der Waals surface area contributed by atoms with E-state index in [1.54, 1.807) is 12.1 Å². The second-order valence-corrected chi connectivity index (χ2v) is 8.40. The average Bonchev–Trinajstić information content (AvgIpc) is 2.74. The van der Waals surface area contributed by atoms with Crippen molar-refractivity contribution in [3.63, 3.8) is 0 Å². The van der Waals surface area contributed by atoms with Gasteiger partial charge in [-0.05, 0) is 74.0 Å². The Kier molecular flexibility index (Phi) is 7.58. The molecule has 1 aliphatic heterocycles. The third-order valence-electron chi connectivity index (χ3n) is 5.89. The van der Waals surface area contributed by atoms with Crippen LogP contribution in [0.25, 0.3) is 0 Å². The lowest BCUT2D eigenvalue weighted by atomic mass is 9.88. The molecule has 3 rings (SSSR count). The zero-order valence-corrected chi connectivity index (χ0v) is 18.1. The number of anilines is 1. The van der Waals surface area contributed by atoms with Crippen LogP contribution in [-0.2, 0) is 6.42 Å². The van der Waals surface area contributed by atoms with Crippen LogP contribution in [0.5, 0.6) is 5.75 Å². The zero-order valence-electron chi connectivity index (χ0n) is 17.3. The number of piperidine rings is 1. The lowest BCUT2D eigenvalue weighted by molar-refractivity contribution is 0.0997. The summed E-state index contributed by atoms with van der Waals surface area (Å²) in [5.41, 5.74) is 14.5. The first-order valence-electron chi connectivity index (χ1n) is 10.3. The van der Waals surface area contributed by atoms with E-state index < -0.39 is 12.0 Å². The molecule has 1 amide bonds.